The lowest BCUT2D eigenvalue weighted by molar-refractivity contribution is -0.276. The smallest absolute Gasteiger partial charge is 0.481 e. The number of hydrogen-bond donors (Lipinski definition) is 0. The van der Waals surface area contributed by atoms with Crippen molar-refractivity contribution in [3.05, 3.63) is 17.2 Å². The Kier molecular flexibility index (Phi) is 5.12. The number of carbonyl (C=O) groups is 1. The second-order valence-electron chi connectivity index (χ2n) is 3.41. The summed E-state index contributed by atoms with van der Waals surface area (Å²) >= 11 is 0. The first-order valence-corrected chi connectivity index (χ1v) is 5.39. The Balaban J connectivity index is 3.38. The Bertz CT molecular complexity index is 490. The van der Waals surface area contributed by atoms with Crippen molar-refractivity contribution in [1.82, 2.24) is 4.98 Å². The molecule has 0 saturated carbocycles. The SMILES string of the molecule is CCOC(=O)c1c(CF)cc(OC)nc1OC(F)(F)F. The summed E-state index contributed by atoms with van der Waals surface area (Å²) in [4.78, 5) is 15.0. The van der Waals surface area contributed by atoms with E-state index in [1.165, 1.54) is 6.92 Å². The van der Waals surface area contributed by atoms with Gasteiger partial charge in [-0.1, -0.05) is 0 Å². The van der Waals surface area contributed by atoms with Crippen molar-refractivity contribution in [1.29, 1.82) is 0 Å². The number of esters is 1. The van der Waals surface area contributed by atoms with Crippen molar-refractivity contribution in [2.24, 2.45) is 0 Å². The number of pyridine rings is 1. The first-order valence-electron chi connectivity index (χ1n) is 5.39. The number of methoxy groups -OCH3 is 1. The molecular formula is C11H11F4NO4. The molecule has 1 aromatic rings. The molecule has 9 heteroatoms. The molecule has 0 radical (unpaired) electrons. The van der Waals surface area contributed by atoms with Gasteiger partial charge < -0.3 is 14.2 Å². The Morgan fingerprint density at radius 3 is 2.50 bits per heavy atom. The summed E-state index contributed by atoms with van der Waals surface area (Å²) in [6, 6.07) is 0.996. The summed E-state index contributed by atoms with van der Waals surface area (Å²) in [7, 11) is 1.13. The van der Waals surface area contributed by atoms with Gasteiger partial charge >= 0.3 is 12.3 Å². The lowest BCUT2D eigenvalue weighted by Gasteiger charge is -2.14. The molecule has 20 heavy (non-hydrogen) atoms. The van der Waals surface area contributed by atoms with E-state index in [9.17, 15) is 22.4 Å². The molecule has 0 amide bonds. The van der Waals surface area contributed by atoms with Gasteiger partial charge in [-0.3, -0.25) is 0 Å². The summed E-state index contributed by atoms with van der Waals surface area (Å²) in [5, 5.41) is 0. The largest absolute Gasteiger partial charge is 0.574 e. The topological polar surface area (TPSA) is 57.7 Å². The third-order valence-electron chi connectivity index (χ3n) is 2.09. The summed E-state index contributed by atoms with van der Waals surface area (Å²) in [5.41, 5.74) is -1.08. The van der Waals surface area contributed by atoms with Gasteiger partial charge in [-0.2, -0.15) is 4.98 Å². The number of aromatic nitrogens is 1. The van der Waals surface area contributed by atoms with Crippen LogP contribution in [-0.2, 0) is 11.4 Å². The van der Waals surface area contributed by atoms with E-state index in [4.69, 9.17) is 0 Å². The molecule has 0 fully saturated rings. The van der Waals surface area contributed by atoms with Crippen LogP contribution in [0, 0.1) is 0 Å². The van der Waals surface area contributed by atoms with E-state index in [1.54, 1.807) is 0 Å². The van der Waals surface area contributed by atoms with Crippen LogP contribution >= 0.6 is 0 Å². The maximum Gasteiger partial charge on any atom is 0.574 e. The third-order valence-corrected chi connectivity index (χ3v) is 2.09. The van der Waals surface area contributed by atoms with E-state index in [-0.39, 0.29) is 18.1 Å². The minimum atomic E-state index is -5.09. The summed E-state index contributed by atoms with van der Waals surface area (Å²) in [5.74, 6) is -2.58. The zero-order valence-corrected chi connectivity index (χ0v) is 10.6. The Hall–Kier alpha value is -2.06. The molecule has 1 heterocycles. The number of nitrogens with zero attached hydrogens (tertiary/aromatic N) is 1. The fourth-order valence-corrected chi connectivity index (χ4v) is 1.36. The minimum Gasteiger partial charge on any atom is -0.481 e. The number of carbonyl (C=O) groups excluding carboxylic acids is 1. The maximum absolute atomic E-state index is 12.9. The standard InChI is InChI=1S/C11H11F4NO4/c1-3-19-10(17)8-6(5-12)4-7(18-2)16-9(8)20-11(13,14)15/h4H,3,5H2,1-2H3. The fourth-order valence-electron chi connectivity index (χ4n) is 1.36. The zero-order chi connectivity index (χ0) is 15.3. The van der Waals surface area contributed by atoms with E-state index < -0.39 is 30.4 Å². The molecule has 0 unspecified atom stereocenters. The fraction of sp³-hybridized carbons (Fsp3) is 0.455. The Morgan fingerprint density at radius 1 is 1.40 bits per heavy atom. The first-order chi connectivity index (χ1) is 9.32. The normalized spacial score (nSPS) is 11.1. The maximum atomic E-state index is 12.9. The van der Waals surface area contributed by atoms with E-state index in [0.717, 1.165) is 13.2 Å². The number of ether oxygens (including phenoxy) is 3. The first kappa shape index (κ1) is 16.0. The summed E-state index contributed by atoms with van der Waals surface area (Å²) < 4.78 is 62.6. The Labute approximate surface area is 111 Å². The van der Waals surface area contributed by atoms with Crippen LogP contribution in [0.15, 0.2) is 6.07 Å². The van der Waals surface area contributed by atoms with Gasteiger partial charge in [0.1, 0.15) is 12.2 Å². The summed E-state index contributed by atoms with van der Waals surface area (Å²) in [6.07, 6.45) is -5.09. The van der Waals surface area contributed by atoms with Crippen LogP contribution in [0.4, 0.5) is 17.6 Å². The van der Waals surface area contributed by atoms with E-state index >= 15 is 0 Å². The highest BCUT2D eigenvalue weighted by Crippen LogP contribution is 2.30. The molecule has 0 aliphatic rings. The van der Waals surface area contributed by atoms with Crippen LogP contribution in [0.2, 0.25) is 0 Å². The molecule has 0 atom stereocenters. The van der Waals surface area contributed by atoms with Crippen LogP contribution in [0.25, 0.3) is 0 Å². The van der Waals surface area contributed by atoms with Crippen LogP contribution in [-0.4, -0.2) is 31.0 Å². The molecule has 0 N–H and O–H groups in total. The number of rotatable bonds is 5. The lowest BCUT2D eigenvalue weighted by Crippen LogP contribution is -2.21. The predicted octanol–water partition coefficient (Wildman–Crippen LogP) is 2.64. The average molecular weight is 297 g/mol. The molecular weight excluding hydrogens is 286 g/mol. The van der Waals surface area contributed by atoms with Gasteiger partial charge in [-0.25, -0.2) is 9.18 Å². The Morgan fingerprint density at radius 2 is 2.05 bits per heavy atom. The monoisotopic (exact) mass is 297 g/mol. The highest BCUT2D eigenvalue weighted by atomic mass is 19.4. The van der Waals surface area contributed by atoms with Crippen LogP contribution in [0.5, 0.6) is 11.8 Å². The average Bonchev–Trinajstić information content (AvgIpc) is 2.35. The number of hydrogen-bond acceptors (Lipinski definition) is 5. The molecule has 1 aromatic heterocycles. The van der Waals surface area contributed by atoms with Gasteiger partial charge in [0.05, 0.1) is 13.7 Å². The molecule has 0 aliphatic heterocycles. The van der Waals surface area contributed by atoms with Crippen molar-refractivity contribution < 1.29 is 36.6 Å². The van der Waals surface area contributed by atoms with Gasteiger partial charge in [0.15, 0.2) is 0 Å². The van der Waals surface area contributed by atoms with Crippen molar-refractivity contribution >= 4 is 5.97 Å². The van der Waals surface area contributed by atoms with Gasteiger partial charge in [-0.15, -0.1) is 13.2 Å². The molecule has 0 bridgehead atoms. The molecule has 0 spiro atoms. The summed E-state index contributed by atoms with van der Waals surface area (Å²) in [6.45, 7) is 0.150. The van der Waals surface area contributed by atoms with Crippen molar-refractivity contribution in [3.8, 4) is 11.8 Å². The van der Waals surface area contributed by atoms with Gasteiger partial charge in [0.25, 0.3) is 0 Å². The number of halogens is 4. The van der Waals surface area contributed by atoms with Crippen LogP contribution in [0.3, 0.4) is 0 Å². The molecule has 0 aromatic carbocycles. The second kappa shape index (κ2) is 6.40. The van der Waals surface area contributed by atoms with Crippen molar-refractivity contribution in [3.63, 3.8) is 0 Å². The predicted molar refractivity (Wildman–Crippen MR) is 58.2 cm³/mol. The second-order valence-corrected chi connectivity index (χ2v) is 3.41. The third kappa shape index (κ3) is 3.97. The van der Waals surface area contributed by atoms with Gasteiger partial charge in [-0.05, 0) is 6.92 Å². The van der Waals surface area contributed by atoms with Crippen LogP contribution in [0.1, 0.15) is 22.8 Å². The highest BCUT2D eigenvalue weighted by Gasteiger charge is 2.35. The molecule has 0 aliphatic carbocycles. The van der Waals surface area contributed by atoms with Crippen molar-refractivity contribution in [2.75, 3.05) is 13.7 Å². The van der Waals surface area contributed by atoms with E-state index in [2.05, 4.69) is 19.2 Å². The van der Waals surface area contributed by atoms with Crippen LogP contribution < -0.4 is 9.47 Å². The minimum absolute atomic E-state index is 0.0952. The highest BCUT2D eigenvalue weighted by molar-refractivity contribution is 5.93. The molecule has 1 rings (SSSR count). The quantitative estimate of drug-likeness (QED) is 0.617. The van der Waals surface area contributed by atoms with Gasteiger partial charge in [0.2, 0.25) is 11.8 Å². The van der Waals surface area contributed by atoms with Gasteiger partial charge in [0, 0.05) is 11.6 Å². The zero-order valence-electron chi connectivity index (χ0n) is 10.6. The van der Waals surface area contributed by atoms with E-state index in [1.807, 2.05) is 0 Å². The van der Waals surface area contributed by atoms with E-state index in [0.29, 0.717) is 0 Å². The van der Waals surface area contributed by atoms with Crippen molar-refractivity contribution in [2.45, 2.75) is 20.0 Å². The molecule has 5 nitrogen and oxygen atoms in total. The number of alkyl halides is 4. The molecule has 0 saturated heterocycles. The lowest BCUT2D eigenvalue weighted by atomic mass is 10.1. The molecule has 112 valence electrons.